The Kier molecular flexibility index (Phi) is 9.50. The molecule has 9 heteroatoms. The fourth-order valence-corrected chi connectivity index (χ4v) is 5.68. The lowest BCUT2D eigenvalue weighted by atomic mass is 9.92. The molecule has 0 fully saturated rings. The van der Waals surface area contributed by atoms with Crippen molar-refractivity contribution < 1.29 is 17.9 Å². The third-order valence-corrected chi connectivity index (χ3v) is 8.17. The number of benzene rings is 3. The highest BCUT2D eigenvalue weighted by molar-refractivity contribution is 7.90. The third-order valence-electron chi connectivity index (χ3n) is 6.93. The SMILES string of the molecule is COc1ccc(CNc2ncc(Cc3cc(S(C)(=O)=O)c(C)cc3C(C)C)c(NCc3ccc(OC)cc3)n2)cc1. The number of rotatable bonds is 12. The molecule has 4 aromatic rings. The Morgan fingerprint density at radius 2 is 1.39 bits per heavy atom. The zero-order valence-corrected chi connectivity index (χ0v) is 25.3. The number of hydrogen-bond donors (Lipinski definition) is 2. The first-order chi connectivity index (χ1) is 19.6. The molecule has 0 spiro atoms. The van der Waals surface area contributed by atoms with Crippen LogP contribution < -0.4 is 20.1 Å². The van der Waals surface area contributed by atoms with Gasteiger partial charge in [-0.15, -0.1) is 0 Å². The second kappa shape index (κ2) is 13.0. The second-order valence-corrected chi connectivity index (χ2v) is 12.4. The Morgan fingerprint density at radius 1 is 0.829 bits per heavy atom. The highest BCUT2D eigenvalue weighted by Crippen LogP contribution is 2.30. The van der Waals surface area contributed by atoms with E-state index < -0.39 is 9.84 Å². The smallest absolute Gasteiger partial charge is 0.224 e. The summed E-state index contributed by atoms with van der Waals surface area (Å²) in [6.07, 6.45) is 3.55. The molecule has 3 aromatic carbocycles. The summed E-state index contributed by atoms with van der Waals surface area (Å²) < 4.78 is 35.6. The zero-order valence-electron chi connectivity index (χ0n) is 24.5. The maximum atomic E-state index is 12.5. The Morgan fingerprint density at radius 3 is 1.90 bits per heavy atom. The van der Waals surface area contributed by atoms with Crippen LogP contribution in [0, 0.1) is 6.92 Å². The number of aromatic nitrogens is 2. The summed E-state index contributed by atoms with van der Waals surface area (Å²) in [5.41, 5.74) is 5.83. The van der Waals surface area contributed by atoms with Crippen LogP contribution >= 0.6 is 0 Å². The molecule has 0 aliphatic carbocycles. The van der Waals surface area contributed by atoms with E-state index in [4.69, 9.17) is 14.5 Å². The predicted octanol–water partition coefficient (Wildman–Crippen LogP) is 6.14. The van der Waals surface area contributed by atoms with Gasteiger partial charge in [-0.1, -0.05) is 44.2 Å². The number of aryl methyl sites for hydroxylation is 1. The van der Waals surface area contributed by atoms with Crippen LogP contribution in [0.3, 0.4) is 0 Å². The van der Waals surface area contributed by atoms with Gasteiger partial charge in [0.1, 0.15) is 17.3 Å². The maximum absolute atomic E-state index is 12.5. The van der Waals surface area contributed by atoms with Crippen LogP contribution in [0.2, 0.25) is 0 Å². The molecule has 0 bridgehead atoms. The minimum absolute atomic E-state index is 0.222. The summed E-state index contributed by atoms with van der Waals surface area (Å²) in [7, 11) is -0.0827. The number of nitrogens with zero attached hydrogens (tertiary/aromatic N) is 2. The quantitative estimate of drug-likeness (QED) is 0.208. The summed E-state index contributed by atoms with van der Waals surface area (Å²) >= 11 is 0. The number of hydrogen-bond acceptors (Lipinski definition) is 8. The minimum atomic E-state index is -3.37. The Balaban J connectivity index is 1.65. The number of methoxy groups -OCH3 is 2. The van der Waals surface area contributed by atoms with Crippen LogP contribution in [0.25, 0.3) is 0 Å². The molecule has 2 N–H and O–H groups in total. The molecule has 1 heterocycles. The molecule has 0 aliphatic heterocycles. The normalized spacial score (nSPS) is 11.4. The number of sulfone groups is 1. The number of nitrogens with one attached hydrogen (secondary N) is 2. The highest BCUT2D eigenvalue weighted by Gasteiger charge is 2.18. The standard InChI is InChI=1S/C32H38N4O4S/c1-21(2)29-15-22(3)30(41(6,37)38)17-25(29)16-26-20-35-32(34-19-24-9-13-28(40-5)14-10-24)36-31(26)33-18-23-7-11-27(39-4)12-8-23/h7-15,17,20-21H,16,18-19H2,1-6H3,(H2,33,34,35,36). The molecule has 0 radical (unpaired) electrons. The van der Waals surface area contributed by atoms with E-state index in [9.17, 15) is 8.42 Å². The fraction of sp³-hybridized carbons (Fsp3) is 0.312. The van der Waals surface area contributed by atoms with Crippen LogP contribution in [0.4, 0.5) is 11.8 Å². The zero-order chi connectivity index (χ0) is 29.6. The van der Waals surface area contributed by atoms with Crippen molar-refractivity contribution in [1.82, 2.24) is 9.97 Å². The molecule has 41 heavy (non-hydrogen) atoms. The van der Waals surface area contributed by atoms with Crippen molar-refractivity contribution in [3.63, 3.8) is 0 Å². The van der Waals surface area contributed by atoms with Gasteiger partial charge >= 0.3 is 0 Å². The topological polar surface area (TPSA) is 102 Å². The Labute approximate surface area is 243 Å². The van der Waals surface area contributed by atoms with Gasteiger partial charge < -0.3 is 20.1 Å². The first-order valence-corrected chi connectivity index (χ1v) is 15.4. The van der Waals surface area contributed by atoms with Crippen molar-refractivity contribution >= 4 is 21.6 Å². The van der Waals surface area contributed by atoms with Crippen LogP contribution in [-0.2, 0) is 29.3 Å². The van der Waals surface area contributed by atoms with E-state index >= 15 is 0 Å². The van der Waals surface area contributed by atoms with Gasteiger partial charge in [-0.2, -0.15) is 4.98 Å². The average Bonchev–Trinajstić information content (AvgIpc) is 2.96. The molecule has 0 aliphatic rings. The first kappa shape index (κ1) is 29.9. The van der Waals surface area contributed by atoms with Crippen molar-refractivity contribution in [3.8, 4) is 11.5 Å². The molecule has 1 aromatic heterocycles. The molecule has 216 valence electrons. The fourth-order valence-electron chi connectivity index (χ4n) is 4.68. The minimum Gasteiger partial charge on any atom is -0.497 e. The molecular formula is C32H38N4O4S. The number of ether oxygens (including phenoxy) is 2. The van der Waals surface area contributed by atoms with Gasteiger partial charge in [-0.25, -0.2) is 13.4 Å². The van der Waals surface area contributed by atoms with E-state index in [0.29, 0.717) is 36.2 Å². The third kappa shape index (κ3) is 7.76. The lowest BCUT2D eigenvalue weighted by Crippen LogP contribution is -2.11. The largest absolute Gasteiger partial charge is 0.497 e. The van der Waals surface area contributed by atoms with E-state index in [2.05, 4.69) is 29.5 Å². The number of anilines is 2. The Bertz CT molecular complexity index is 1590. The Hall–Kier alpha value is -4.11. The molecule has 0 amide bonds. The molecule has 0 unspecified atom stereocenters. The van der Waals surface area contributed by atoms with E-state index in [-0.39, 0.29) is 5.92 Å². The summed E-state index contributed by atoms with van der Waals surface area (Å²) in [6, 6.07) is 19.5. The highest BCUT2D eigenvalue weighted by atomic mass is 32.2. The molecule has 4 rings (SSSR count). The van der Waals surface area contributed by atoms with Gasteiger partial charge in [0, 0.05) is 37.5 Å². The lowest BCUT2D eigenvalue weighted by Gasteiger charge is -2.18. The average molecular weight is 575 g/mol. The molecule has 0 saturated carbocycles. The van der Waals surface area contributed by atoms with Crippen molar-refractivity contribution in [1.29, 1.82) is 0 Å². The first-order valence-electron chi connectivity index (χ1n) is 13.5. The van der Waals surface area contributed by atoms with E-state index in [1.54, 1.807) is 14.2 Å². The van der Waals surface area contributed by atoms with Gasteiger partial charge in [0.2, 0.25) is 5.95 Å². The summed E-state index contributed by atoms with van der Waals surface area (Å²) in [5.74, 6) is 2.99. The van der Waals surface area contributed by atoms with Crippen molar-refractivity contribution in [2.45, 2.75) is 51.1 Å². The predicted molar refractivity (Wildman–Crippen MR) is 164 cm³/mol. The van der Waals surface area contributed by atoms with Gasteiger partial charge in [0.05, 0.1) is 19.1 Å². The van der Waals surface area contributed by atoms with Gasteiger partial charge in [-0.05, 0) is 71.0 Å². The summed E-state index contributed by atoms with van der Waals surface area (Å²) in [4.78, 5) is 9.78. The van der Waals surface area contributed by atoms with Gasteiger partial charge in [-0.3, -0.25) is 0 Å². The monoisotopic (exact) mass is 574 g/mol. The summed E-state index contributed by atoms with van der Waals surface area (Å²) in [5, 5.41) is 6.79. The molecule has 0 atom stereocenters. The van der Waals surface area contributed by atoms with Crippen molar-refractivity contribution in [2.75, 3.05) is 31.1 Å². The van der Waals surface area contributed by atoms with Crippen LogP contribution in [0.15, 0.2) is 71.8 Å². The van der Waals surface area contributed by atoms with E-state index in [1.807, 2.05) is 73.8 Å². The van der Waals surface area contributed by atoms with Gasteiger partial charge in [0.25, 0.3) is 0 Å². The van der Waals surface area contributed by atoms with Crippen molar-refractivity contribution in [3.05, 3.63) is 100 Å². The lowest BCUT2D eigenvalue weighted by molar-refractivity contribution is 0.414. The second-order valence-electron chi connectivity index (χ2n) is 10.4. The van der Waals surface area contributed by atoms with Crippen LogP contribution in [0.5, 0.6) is 11.5 Å². The van der Waals surface area contributed by atoms with Gasteiger partial charge in [0.15, 0.2) is 9.84 Å². The maximum Gasteiger partial charge on any atom is 0.224 e. The molecular weight excluding hydrogens is 536 g/mol. The van der Waals surface area contributed by atoms with E-state index in [1.165, 1.54) is 6.26 Å². The summed E-state index contributed by atoms with van der Waals surface area (Å²) in [6.45, 7) is 7.17. The molecule has 8 nitrogen and oxygen atoms in total. The van der Waals surface area contributed by atoms with Crippen LogP contribution in [0.1, 0.15) is 53.1 Å². The van der Waals surface area contributed by atoms with E-state index in [0.717, 1.165) is 44.9 Å². The van der Waals surface area contributed by atoms with Crippen molar-refractivity contribution in [2.24, 2.45) is 0 Å². The van der Waals surface area contributed by atoms with Crippen LogP contribution in [-0.4, -0.2) is 38.9 Å². The molecule has 0 saturated heterocycles.